The van der Waals surface area contributed by atoms with Gasteiger partial charge in [-0.25, -0.2) is 0 Å². The lowest BCUT2D eigenvalue weighted by molar-refractivity contribution is 1.67. The Kier molecular flexibility index (Phi) is 6.98. The molecule has 0 aliphatic carbocycles. The van der Waals surface area contributed by atoms with Crippen LogP contribution in [0, 0.1) is 0 Å². The molecule has 0 fully saturated rings. The molecule has 1 heterocycles. The molecule has 1 aromatic heterocycles. The number of rotatable bonds is 3. The fourth-order valence-electron chi connectivity index (χ4n) is 10.2. The molecule has 0 amide bonds. The van der Waals surface area contributed by atoms with Crippen LogP contribution in [0.15, 0.2) is 206 Å². The lowest BCUT2D eigenvalue weighted by Crippen LogP contribution is -1.91. The highest BCUT2D eigenvalue weighted by molar-refractivity contribution is 7.27. The molecule has 272 valence electrons. The summed E-state index contributed by atoms with van der Waals surface area (Å²) < 4.78 is 2.71. The Morgan fingerprint density at radius 3 is 1.49 bits per heavy atom. The van der Waals surface area contributed by atoms with E-state index >= 15 is 0 Å². The average molecular weight is 763 g/mol. The van der Waals surface area contributed by atoms with Crippen LogP contribution >= 0.6 is 11.3 Å². The monoisotopic (exact) mass is 762 g/mol. The SMILES string of the molecule is c1ccc2c(-c3c4ccccc4c(-c4ccc5cc(-c6ccc7c(c6)c6ccccc6c6c7sc7ccc8ccccc8c76)ccc5c4)c4ccccc34)cccc2c1. The molecule has 0 aliphatic heterocycles. The smallest absolute Gasteiger partial charge is 0.0440 e. The van der Waals surface area contributed by atoms with Gasteiger partial charge in [0.25, 0.3) is 0 Å². The van der Waals surface area contributed by atoms with E-state index in [9.17, 15) is 0 Å². The molecule has 0 radical (unpaired) electrons. The fraction of sp³-hybridized carbons (Fsp3) is 0. The number of thiophene rings is 1. The van der Waals surface area contributed by atoms with Gasteiger partial charge >= 0.3 is 0 Å². The summed E-state index contributed by atoms with van der Waals surface area (Å²) in [5.41, 5.74) is 7.56. The topological polar surface area (TPSA) is 0 Å². The number of hydrogen-bond donors (Lipinski definition) is 0. The zero-order chi connectivity index (χ0) is 38.6. The van der Waals surface area contributed by atoms with Gasteiger partial charge in [-0.05, 0) is 128 Å². The zero-order valence-electron chi connectivity index (χ0n) is 32.0. The Bertz CT molecular complexity index is 3840. The van der Waals surface area contributed by atoms with Crippen LogP contribution in [0.3, 0.4) is 0 Å². The van der Waals surface area contributed by atoms with Crippen molar-refractivity contribution in [2.24, 2.45) is 0 Å². The Morgan fingerprint density at radius 2 is 0.763 bits per heavy atom. The predicted molar refractivity (Wildman–Crippen MR) is 258 cm³/mol. The maximum absolute atomic E-state index is 2.42. The van der Waals surface area contributed by atoms with Crippen molar-refractivity contribution >= 4 is 107 Å². The van der Waals surface area contributed by atoms with Crippen molar-refractivity contribution < 1.29 is 0 Å². The summed E-state index contributed by atoms with van der Waals surface area (Å²) in [6.07, 6.45) is 0. The molecule has 0 saturated heterocycles. The first-order valence-corrected chi connectivity index (χ1v) is 21.2. The van der Waals surface area contributed by atoms with Crippen molar-refractivity contribution in [3.05, 3.63) is 206 Å². The summed E-state index contributed by atoms with van der Waals surface area (Å²) in [6.45, 7) is 0. The van der Waals surface area contributed by atoms with Crippen LogP contribution in [0.25, 0.3) is 129 Å². The first-order chi connectivity index (χ1) is 29.3. The number of hydrogen-bond acceptors (Lipinski definition) is 1. The third kappa shape index (κ3) is 4.83. The second-order valence-corrected chi connectivity index (χ2v) is 17.0. The van der Waals surface area contributed by atoms with E-state index in [1.54, 1.807) is 0 Å². The standard InChI is InChI=1S/C58H34S/c1-3-15-42-35(12-1)14-11-23-45(42)55-49-21-9-7-19-47(49)54(48-20-8-10-22-50(48)55)41-27-26-37-32-38(24-25-39(37)33-41)40-28-30-51-52(34-40)44-17-5-6-18-46(44)57-56-43-16-4-2-13-36(43)29-31-53(56)59-58(51)57/h1-34H. The van der Waals surface area contributed by atoms with Gasteiger partial charge in [0.1, 0.15) is 0 Å². The Morgan fingerprint density at radius 1 is 0.254 bits per heavy atom. The van der Waals surface area contributed by atoms with Crippen molar-refractivity contribution in [3.8, 4) is 33.4 Å². The fourth-order valence-corrected chi connectivity index (χ4v) is 11.4. The summed E-state index contributed by atoms with van der Waals surface area (Å²) in [5.74, 6) is 0. The summed E-state index contributed by atoms with van der Waals surface area (Å²) in [4.78, 5) is 0. The van der Waals surface area contributed by atoms with E-state index in [0.29, 0.717) is 0 Å². The first-order valence-electron chi connectivity index (χ1n) is 20.4. The molecular weight excluding hydrogens is 729 g/mol. The molecule has 12 aromatic carbocycles. The minimum atomic E-state index is 1.23. The summed E-state index contributed by atoms with van der Waals surface area (Å²) in [6, 6.07) is 76.9. The van der Waals surface area contributed by atoms with Gasteiger partial charge in [-0.2, -0.15) is 0 Å². The molecule has 0 saturated carbocycles. The summed E-state index contributed by atoms with van der Waals surface area (Å²) >= 11 is 1.92. The van der Waals surface area contributed by atoms with Gasteiger partial charge < -0.3 is 0 Å². The van der Waals surface area contributed by atoms with Gasteiger partial charge in [-0.3, -0.25) is 0 Å². The first kappa shape index (κ1) is 32.7. The minimum Gasteiger partial charge on any atom is -0.134 e. The quantitative estimate of drug-likeness (QED) is 0.124. The summed E-state index contributed by atoms with van der Waals surface area (Å²) in [7, 11) is 0. The second-order valence-electron chi connectivity index (χ2n) is 15.9. The summed E-state index contributed by atoms with van der Waals surface area (Å²) in [5, 5.41) is 20.8. The lowest BCUT2D eigenvalue weighted by atomic mass is 9.84. The largest absolute Gasteiger partial charge is 0.134 e. The number of benzene rings is 12. The highest BCUT2D eigenvalue weighted by Crippen LogP contribution is 2.48. The van der Waals surface area contributed by atoms with Crippen LogP contribution in [-0.4, -0.2) is 0 Å². The maximum Gasteiger partial charge on any atom is 0.0440 e. The molecule has 59 heavy (non-hydrogen) atoms. The predicted octanol–water partition coefficient (Wildman–Crippen LogP) is 17.1. The van der Waals surface area contributed by atoms with Crippen LogP contribution < -0.4 is 0 Å². The molecule has 13 rings (SSSR count). The Hall–Kier alpha value is -7.32. The van der Waals surface area contributed by atoms with Crippen LogP contribution in [0.1, 0.15) is 0 Å². The van der Waals surface area contributed by atoms with Crippen LogP contribution in [0.2, 0.25) is 0 Å². The Labute approximate surface area is 344 Å². The maximum atomic E-state index is 2.42. The highest BCUT2D eigenvalue weighted by atomic mass is 32.1. The van der Waals surface area contributed by atoms with E-state index in [4.69, 9.17) is 0 Å². The molecule has 1 heteroatoms. The normalized spacial score (nSPS) is 12.1. The van der Waals surface area contributed by atoms with Gasteiger partial charge in [0, 0.05) is 25.6 Å². The molecule has 0 bridgehead atoms. The van der Waals surface area contributed by atoms with Crippen molar-refractivity contribution in [1.29, 1.82) is 0 Å². The molecule has 0 aliphatic rings. The molecule has 0 N–H and O–H groups in total. The van der Waals surface area contributed by atoms with Crippen LogP contribution in [-0.2, 0) is 0 Å². The van der Waals surface area contributed by atoms with Crippen LogP contribution in [0.5, 0.6) is 0 Å². The van der Waals surface area contributed by atoms with Crippen molar-refractivity contribution in [2.75, 3.05) is 0 Å². The highest BCUT2D eigenvalue weighted by Gasteiger charge is 2.19. The molecule has 0 spiro atoms. The van der Waals surface area contributed by atoms with Gasteiger partial charge in [0.2, 0.25) is 0 Å². The molecule has 13 aromatic rings. The third-order valence-electron chi connectivity index (χ3n) is 12.8. The average Bonchev–Trinajstić information content (AvgIpc) is 3.71. The van der Waals surface area contributed by atoms with E-state index in [-0.39, 0.29) is 0 Å². The molecule has 0 atom stereocenters. The van der Waals surface area contributed by atoms with Gasteiger partial charge in [-0.1, -0.05) is 182 Å². The van der Waals surface area contributed by atoms with E-state index in [1.807, 2.05) is 11.3 Å². The van der Waals surface area contributed by atoms with Crippen molar-refractivity contribution in [3.63, 3.8) is 0 Å². The molecular formula is C58H34S. The van der Waals surface area contributed by atoms with Crippen molar-refractivity contribution in [1.82, 2.24) is 0 Å². The third-order valence-corrected chi connectivity index (χ3v) is 14.0. The van der Waals surface area contributed by atoms with E-state index < -0.39 is 0 Å². The van der Waals surface area contributed by atoms with Gasteiger partial charge in [0.15, 0.2) is 0 Å². The van der Waals surface area contributed by atoms with Gasteiger partial charge in [-0.15, -0.1) is 11.3 Å². The van der Waals surface area contributed by atoms with Gasteiger partial charge in [0.05, 0.1) is 0 Å². The minimum absolute atomic E-state index is 1.23. The Balaban J connectivity index is 0.969. The lowest BCUT2D eigenvalue weighted by Gasteiger charge is -2.19. The van der Waals surface area contributed by atoms with E-state index in [1.165, 1.54) is 129 Å². The second kappa shape index (κ2) is 12.6. The van der Waals surface area contributed by atoms with E-state index in [2.05, 4.69) is 206 Å². The molecule has 0 nitrogen and oxygen atoms in total. The van der Waals surface area contributed by atoms with Crippen LogP contribution in [0.4, 0.5) is 0 Å². The zero-order valence-corrected chi connectivity index (χ0v) is 32.9. The van der Waals surface area contributed by atoms with E-state index in [0.717, 1.165) is 0 Å². The number of fused-ring (bicyclic) bond motifs is 14. The molecule has 0 unspecified atom stereocenters. The van der Waals surface area contributed by atoms with Crippen molar-refractivity contribution in [2.45, 2.75) is 0 Å².